The molecule has 2 rings (SSSR count). The van der Waals surface area contributed by atoms with E-state index in [9.17, 15) is 8.42 Å². The summed E-state index contributed by atoms with van der Waals surface area (Å²) in [4.78, 5) is 4.14. The molecule has 1 heterocycles. The standard InChI is InChI=1S/C14H16BrN3O2S/c1-10-13(15)6-12(8-16)7-14(10)21(19,20)18-9-11-2-4-17-5-3-11/h2-7,18H,8-9,16H2,1H3. The molecule has 0 aliphatic carbocycles. The first-order chi connectivity index (χ1) is 9.94. The number of benzene rings is 1. The summed E-state index contributed by atoms with van der Waals surface area (Å²) in [7, 11) is -3.60. The Bertz CT molecular complexity index is 733. The summed E-state index contributed by atoms with van der Waals surface area (Å²) >= 11 is 3.37. The van der Waals surface area contributed by atoms with E-state index in [4.69, 9.17) is 5.73 Å². The molecule has 0 aliphatic heterocycles. The molecular formula is C14H16BrN3O2S. The lowest BCUT2D eigenvalue weighted by molar-refractivity contribution is 0.580. The van der Waals surface area contributed by atoms with Crippen molar-refractivity contribution in [3.8, 4) is 0 Å². The maximum absolute atomic E-state index is 12.5. The lowest BCUT2D eigenvalue weighted by Gasteiger charge is -2.12. The minimum absolute atomic E-state index is 0.217. The van der Waals surface area contributed by atoms with Crippen molar-refractivity contribution in [3.63, 3.8) is 0 Å². The zero-order valence-corrected chi connectivity index (χ0v) is 13.9. The Hall–Kier alpha value is -1.28. The van der Waals surface area contributed by atoms with Crippen molar-refractivity contribution in [1.82, 2.24) is 9.71 Å². The fraction of sp³-hybridized carbons (Fsp3) is 0.214. The number of nitrogens with one attached hydrogen (secondary N) is 1. The minimum Gasteiger partial charge on any atom is -0.326 e. The molecule has 2 aromatic rings. The Labute approximate surface area is 132 Å². The van der Waals surface area contributed by atoms with Gasteiger partial charge in [-0.25, -0.2) is 13.1 Å². The van der Waals surface area contributed by atoms with Crippen LogP contribution < -0.4 is 10.5 Å². The van der Waals surface area contributed by atoms with E-state index in [0.717, 1.165) is 15.6 Å². The number of nitrogens with zero attached hydrogens (tertiary/aromatic N) is 1. The van der Waals surface area contributed by atoms with E-state index in [1.165, 1.54) is 0 Å². The van der Waals surface area contributed by atoms with Crippen LogP contribution in [0.15, 0.2) is 46.0 Å². The van der Waals surface area contributed by atoms with Crippen LogP contribution in [0.25, 0.3) is 0 Å². The molecule has 7 heteroatoms. The second kappa shape index (κ2) is 6.65. The first kappa shape index (κ1) is 16.1. The van der Waals surface area contributed by atoms with Crippen molar-refractivity contribution >= 4 is 26.0 Å². The maximum Gasteiger partial charge on any atom is 0.241 e. The van der Waals surface area contributed by atoms with Crippen LogP contribution in [-0.4, -0.2) is 13.4 Å². The number of pyridine rings is 1. The molecule has 1 aromatic heterocycles. The van der Waals surface area contributed by atoms with Gasteiger partial charge in [-0.15, -0.1) is 0 Å². The molecule has 0 radical (unpaired) electrons. The fourth-order valence-electron chi connectivity index (χ4n) is 1.86. The first-order valence-electron chi connectivity index (χ1n) is 6.31. The van der Waals surface area contributed by atoms with E-state index >= 15 is 0 Å². The van der Waals surface area contributed by atoms with E-state index in [1.807, 2.05) is 6.07 Å². The molecule has 1 aromatic carbocycles. The molecule has 0 spiro atoms. The van der Waals surface area contributed by atoms with E-state index in [0.29, 0.717) is 5.56 Å². The molecule has 3 N–H and O–H groups in total. The molecule has 0 saturated heterocycles. The molecule has 112 valence electrons. The first-order valence-corrected chi connectivity index (χ1v) is 8.59. The Morgan fingerprint density at radius 3 is 2.52 bits per heavy atom. The monoisotopic (exact) mass is 369 g/mol. The molecule has 0 atom stereocenters. The van der Waals surface area contributed by atoms with Gasteiger partial charge < -0.3 is 5.73 Å². The highest BCUT2D eigenvalue weighted by Gasteiger charge is 2.19. The highest BCUT2D eigenvalue weighted by Crippen LogP contribution is 2.25. The van der Waals surface area contributed by atoms with Gasteiger partial charge in [-0.1, -0.05) is 15.9 Å². The molecule has 0 saturated carbocycles. The van der Waals surface area contributed by atoms with Crippen LogP contribution in [0.2, 0.25) is 0 Å². The Morgan fingerprint density at radius 2 is 1.90 bits per heavy atom. The number of hydrogen-bond acceptors (Lipinski definition) is 4. The van der Waals surface area contributed by atoms with Gasteiger partial charge in [0, 0.05) is 30.0 Å². The highest BCUT2D eigenvalue weighted by molar-refractivity contribution is 9.10. The van der Waals surface area contributed by atoms with Crippen molar-refractivity contribution < 1.29 is 8.42 Å². The Balaban J connectivity index is 2.29. The lowest BCUT2D eigenvalue weighted by Crippen LogP contribution is -2.24. The summed E-state index contributed by atoms with van der Waals surface area (Å²) in [5, 5.41) is 0. The highest BCUT2D eigenvalue weighted by atomic mass is 79.9. The van der Waals surface area contributed by atoms with Gasteiger partial charge in [-0.3, -0.25) is 4.98 Å². The topological polar surface area (TPSA) is 85.1 Å². The zero-order chi connectivity index (χ0) is 15.5. The third-order valence-corrected chi connectivity index (χ3v) is 5.45. The van der Waals surface area contributed by atoms with Gasteiger partial charge >= 0.3 is 0 Å². The molecule has 0 unspecified atom stereocenters. The van der Waals surface area contributed by atoms with Gasteiger partial charge in [0.25, 0.3) is 0 Å². The lowest BCUT2D eigenvalue weighted by atomic mass is 10.1. The third kappa shape index (κ3) is 3.88. The van der Waals surface area contributed by atoms with Gasteiger partial charge in [0.1, 0.15) is 0 Å². The van der Waals surface area contributed by atoms with Gasteiger partial charge in [-0.2, -0.15) is 0 Å². The predicted molar refractivity (Wildman–Crippen MR) is 85.0 cm³/mol. The molecule has 0 amide bonds. The maximum atomic E-state index is 12.5. The number of rotatable bonds is 5. The van der Waals surface area contributed by atoms with Crippen molar-refractivity contribution in [2.24, 2.45) is 5.73 Å². The van der Waals surface area contributed by atoms with Crippen LogP contribution in [0, 0.1) is 6.92 Å². The molecule has 21 heavy (non-hydrogen) atoms. The summed E-state index contributed by atoms with van der Waals surface area (Å²) < 4.78 is 28.2. The smallest absolute Gasteiger partial charge is 0.241 e. The fourth-order valence-corrected chi connectivity index (χ4v) is 3.83. The van der Waals surface area contributed by atoms with Crippen LogP contribution in [0.3, 0.4) is 0 Å². The SMILES string of the molecule is Cc1c(Br)cc(CN)cc1S(=O)(=O)NCc1ccncc1. The summed E-state index contributed by atoms with van der Waals surface area (Å²) in [5.41, 5.74) is 7.87. The second-order valence-electron chi connectivity index (χ2n) is 4.58. The van der Waals surface area contributed by atoms with Crippen molar-refractivity contribution in [2.45, 2.75) is 24.9 Å². The number of sulfonamides is 1. The van der Waals surface area contributed by atoms with Crippen molar-refractivity contribution in [1.29, 1.82) is 0 Å². The van der Waals surface area contributed by atoms with Crippen LogP contribution in [0.1, 0.15) is 16.7 Å². The number of halogens is 1. The van der Waals surface area contributed by atoms with Crippen LogP contribution in [0.4, 0.5) is 0 Å². The quantitative estimate of drug-likeness (QED) is 0.844. The van der Waals surface area contributed by atoms with E-state index in [2.05, 4.69) is 25.6 Å². The average Bonchev–Trinajstić information content (AvgIpc) is 2.48. The van der Waals surface area contributed by atoms with E-state index in [1.54, 1.807) is 37.5 Å². The Kier molecular flexibility index (Phi) is 5.10. The summed E-state index contributed by atoms with van der Waals surface area (Å²) in [6, 6.07) is 6.97. The number of hydrogen-bond donors (Lipinski definition) is 2. The van der Waals surface area contributed by atoms with Crippen molar-refractivity contribution in [2.75, 3.05) is 0 Å². The normalized spacial score (nSPS) is 11.6. The summed E-state index contributed by atoms with van der Waals surface area (Å²) in [6.07, 6.45) is 3.25. The molecule has 0 aliphatic rings. The predicted octanol–water partition coefficient (Wildman–Crippen LogP) is 2.09. The van der Waals surface area contributed by atoms with Gasteiger partial charge in [0.05, 0.1) is 4.90 Å². The van der Waals surface area contributed by atoms with E-state index < -0.39 is 10.0 Å². The minimum atomic E-state index is -3.60. The van der Waals surface area contributed by atoms with Gasteiger partial charge in [0.2, 0.25) is 10.0 Å². The zero-order valence-electron chi connectivity index (χ0n) is 11.5. The average molecular weight is 370 g/mol. The van der Waals surface area contributed by atoms with Crippen LogP contribution in [0.5, 0.6) is 0 Å². The van der Waals surface area contributed by atoms with Crippen molar-refractivity contribution in [3.05, 3.63) is 57.8 Å². The second-order valence-corrected chi connectivity index (χ2v) is 7.17. The molecule has 5 nitrogen and oxygen atoms in total. The molecule has 0 fully saturated rings. The van der Waals surface area contributed by atoms with Gasteiger partial charge in [-0.05, 0) is 47.9 Å². The van der Waals surface area contributed by atoms with Crippen LogP contribution >= 0.6 is 15.9 Å². The number of aromatic nitrogens is 1. The molecular weight excluding hydrogens is 354 g/mol. The summed E-state index contributed by atoms with van der Waals surface area (Å²) in [5.74, 6) is 0. The molecule has 0 bridgehead atoms. The summed E-state index contributed by atoms with van der Waals surface area (Å²) in [6.45, 7) is 2.26. The third-order valence-electron chi connectivity index (χ3n) is 3.10. The number of nitrogens with two attached hydrogens (primary N) is 1. The Morgan fingerprint density at radius 1 is 1.24 bits per heavy atom. The van der Waals surface area contributed by atoms with E-state index in [-0.39, 0.29) is 18.0 Å². The van der Waals surface area contributed by atoms with Crippen LogP contribution in [-0.2, 0) is 23.1 Å². The van der Waals surface area contributed by atoms with Gasteiger partial charge in [0.15, 0.2) is 0 Å². The largest absolute Gasteiger partial charge is 0.326 e.